The van der Waals surface area contributed by atoms with E-state index in [0.717, 1.165) is 5.69 Å². The molecule has 1 heterocycles. The van der Waals surface area contributed by atoms with Gasteiger partial charge in [-0.3, -0.25) is 4.79 Å². The molecule has 0 bridgehead atoms. The molecular formula is C18H15ClN6OS. The van der Waals surface area contributed by atoms with E-state index in [1.807, 2.05) is 30.3 Å². The minimum Gasteiger partial charge on any atom is -0.311 e. The number of para-hydroxylation sites is 1. The molecule has 1 aromatic heterocycles. The smallest absolute Gasteiger partial charge is 0.237 e. The number of hydrogen-bond donors (Lipinski definition) is 0. The fraction of sp³-hybridized carbons (Fsp3) is 0.167. The molecule has 0 aliphatic heterocycles. The first-order chi connectivity index (χ1) is 13.2. The van der Waals surface area contributed by atoms with Crippen molar-refractivity contribution in [2.75, 3.05) is 17.2 Å². The molecule has 7 nitrogen and oxygen atoms in total. The molecule has 3 aromatic rings. The Balaban J connectivity index is 1.74. The lowest BCUT2D eigenvalue weighted by atomic mass is 10.2. The highest BCUT2D eigenvalue weighted by molar-refractivity contribution is 7.99. The Bertz CT molecular complexity index is 956. The predicted octanol–water partition coefficient (Wildman–Crippen LogP) is 3.35. The summed E-state index contributed by atoms with van der Waals surface area (Å²) in [5, 5.41) is 21.6. The zero-order valence-corrected chi connectivity index (χ0v) is 15.8. The van der Waals surface area contributed by atoms with Crippen molar-refractivity contribution in [1.82, 2.24) is 20.2 Å². The number of aromatic nitrogens is 4. The number of carbonyl (C=O) groups is 1. The van der Waals surface area contributed by atoms with Gasteiger partial charge in [0.05, 0.1) is 23.9 Å². The summed E-state index contributed by atoms with van der Waals surface area (Å²) in [6.45, 7) is 0.292. The second-order valence-electron chi connectivity index (χ2n) is 5.43. The van der Waals surface area contributed by atoms with Crippen molar-refractivity contribution in [3.05, 3.63) is 59.6 Å². The monoisotopic (exact) mass is 398 g/mol. The standard InChI is InChI=1S/C18H15ClN6OS/c19-14-6-4-9-16(12-14)24(11-5-10-20)17(26)13-27-18-21-22-23-25(18)15-7-2-1-3-8-15/h1-4,6-9,12H,5,11,13H2. The summed E-state index contributed by atoms with van der Waals surface area (Å²) < 4.78 is 1.58. The number of amides is 1. The molecule has 0 N–H and O–H groups in total. The molecule has 27 heavy (non-hydrogen) atoms. The fourth-order valence-electron chi connectivity index (χ4n) is 2.41. The lowest BCUT2D eigenvalue weighted by Crippen LogP contribution is -2.33. The van der Waals surface area contributed by atoms with E-state index in [1.54, 1.807) is 33.8 Å². The molecule has 136 valence electrons. The molecular weight excluding hydrogens is 384 g/mol. The van der Waals surface area contributed by atoms with Gasteiger partial charge < -0.3 is 4.90 Å². The van der Waals surface area contributed by atoms with Crippen LogP contribution in [-0.4, -0.2) is 38.4 Å². The van der Waals surface area contributed by atoms with Crippen LogP contribution in [0.2, 0.25) is 5.02 Å². The Morgan fingerprint density at radius 3 is 2.78 bits per heavy atom. The maximum absolute atomic E-state index is 12.8. The van der Waals surface area contributed by atoms with E-state index in [4.69, 9.17) is 16.9 Å². The molecule has 0 aliphatic carbocycles. The number of anilines is 1. The number of rotatable bonds is 7. The van der Waals surface area contributed by atoms with Gasteiger partial charge >= 0.3 is 0 Å². The van der Waals surface area contributed by atoms with Crippen molar-refractivity contribution in [3.8, 4) is 11.8 Å². The van der Waals surface area contributed by atoms with E-state index in [0.29, 0.717) is 22.4 Å². The van der Waals surface area contributed by atoms with E-state index in [1.165, 1.54) is 11.8 Å². The van der Waals surface area contributed by atoms with Gasteiger partial charge in [-0.2, -0.15) is 9.94 Å². The Kier molecular flexibility index (Phi) is 6.41. The van der Waals surface area contributed by atoms with Gasteiger partial charge in [-0.1, -0.05) is 47.6 Å². The second-order valence-corrected chi connectivity index (χ2v) is 6.81. The molecule has 0 saturated heterocycles. The molecule has 0 aliphatic rings. The average molecular weight is 399 g/mol. The third-order valence-corrected chi connectivity index (χ3v) is 4.77. The molecule has 0 radical (unpaired) electrons. The molecule has 2 aromatic carbocycles. The largest absolute Gasteiger partial charge is 0.311 e. The fourth-order valence-corrected chi connectivity index (χ4v) is 3.36. The summed E-state index contributed by atoms with van der Waals surface area (Å²) in [6, 6.07) is 18.5. The lowest BCUT2D eigenvalue weighted by Gasteiger charge is -2.21. The van der Waals surface area contributed by atoms with Gasteiger partial charge in [-0.25, -0.2) is 0 Å². The van der Waals surface area contributed by atoms with E-state index >= 15 is 0 Å². The molecule has 9 heteroatoms. The van der Waals surface area contributed by atoms with E-state index in [-0.39, 0.29) is 18.1 Å². The van der Waals surface area contributed by atoms with Gasteiger partial charge in [0.1, 0.15) is 0 Å². The van der Waals surface area contributed by atoms with Gasteiger partial charge in [-0.15, -0.1) is 5.10 Å². The summed E-state index contributed by atoms with van der Waals surface area (Å²) in [5.41, 5.74) is 1.47. The summed E-state index contributed by atoms with van der Waals surface area (Å²) in [6.07, 6.45) is 0.227. The lowest BCUT2D eigenvalue weighted by molar-refractivity contribution is -0.116. The van der Waals surface area contributed by atoms with Crippen LogP contribution in [0.3, 0.4) is 0 Å². The van der Waals surface area contributed by atoms with E-state index in [2.05, 4.69) is 21.6 Å². The topological polar surface area (TPSA) is 87.7 Å². The number of hydrogen-bond acceptors (Lipinski definition) is 6. The normalized spacial score (nSPS) is 10.4. The number of halogens is 1. The molecule has 0 atom stereocenters. The van der Waals surface area contributed by atoms with Crippen molar-refractivity contribution in [3.63, 3.8) is 0 Å². The summed E-state index contributed by atoms with van der Waals surface area (Å²) in [7, 11) is 0. The number of thioether (sulfide) groups is 1. The SMILES string of the molecule is N#CCCN(C(=O)CSc1nnnn1-c1ccccc1)c1cccc(Cl)c1. The molecule has 1 amide bonds. The van der Waals surface area contributed by atoms with Crippen molar-refractivity contribution in [1.29, 1.82) is 5.26 Å². The third kappa shape index (κ3) is 4.84. The Hall–Kier alpha value is -2.89. The van der Waals surface area contributed by atoms with Crippen molar-refractivity contribution >= 4 is 35.0 Å². The zero-order valence-electron chi connectivity index (χ0n) is 14.2. The Labute approximate surface area is 165 Å². The molecule has 0 saturated carbocycles. The summed E-state index contributed by atoms with van der Waals surface area (Å²) in [5.74, 6) is -0.0226. The molecule has 0 unspecified atom stereocenters. The van der Waals surface area contributed by atoms with Crippen LogP contribution in [0.5, 0.6) is 0 Å². The molecule has 0 fully saturated rings. The van der Waals surface area contributed by atoms with Gasteiger partial charge in [0.25, 0.3) is 0 Å². The first kappa shape index (κ1) is 18.9. The van der Waals surface area contributed by atoms with E-state index < -0.39 is 0 Å². The number of carbonyl (C=O) groups excluding carboxylic acids is 1. The first-order valence-corrected chi connectivity index (χ1v) is 9.45. The maximum Gasteiger partial charge on any atom is 0.237 e. The average Bonchev–Trinajstić information content (AvgIpc) is 3.16. The van der Waals surface area contributed by atoms with Crippen LogP contribution in [0, 0.1) is 11.3 Å². The van der Waals surface area contributed by atoms with Crippen molar-refractivity contribution in [2.24, 2.45) is 0 Å². The highest BCUT2D eigenvalue weighted by Crippen LogP contribution is 2.23. The van der Waals surface area contributed by atoms with Crippen LogP contribution in [0.1, 0.15) is 6.42 Å². The number of tetrazole rings is 1. The zero-order chi connectivity index (χ0) is 19.1. The van der Waals surface area contributed by atoms with Gasteiger partial charge in [0, 0.05) is 17.3 Å². The van der Waals surface area contributed by atoms with Crippen LogP contribution < -0.4 is 4.90 Å². The number of nitriles is 1. The number of nitrogens with zero attached hydrogens (tertiary/aromatic N) is 6. The highest BCUT2D eigenvalue weighted by Gasteiger charge is 2.18. The predicted molar refractivity (Wildman–Crippen MR) is 104 cm³/mol. The van der Waals surface area contributed by atoms with Crippen molar-refractivity contribution in [2.45, 2.75) is 11.6 Å². The van der Waals surface area contributed by atoms with Crippen LogP contribution in [0.25, 0.3) is 5.69 Å². The number of benzene rings is 2. The Morgan fingerprint density at radius 2 is 2.04 bits per heavy atom. The van der Waals surface area contributed by atoms with Gasteiger partial charge in [0.15, 0.2) is 0 Å². The molecule has 3 rings (SSSR count). The summed E-state index contributed by atoms with van der Waals surface area (Å²) in [4.78, 5) is 14.3. The highest BCUT2D eigenvalue weighted by atomic mass is 35.5. The summed E-state index contributed by atoms with van der Waals surface area (Å²) >= 11 is 7.27. The van der Waals surface area contributed by atoms with Crippen LogP contribution in [-0.2, 0) is 4.79 Å². The van der Waals surface area contributed by atoms with E-state index in [9.17, 15) is 4.79 Å². The first-order valence-electron chi connectivity index (χ1n) is 8.08. The van der Waals surface area contributed by atoms with Crippen molar-refractivity contribution < 1.29 is 4.79 Å². The minimum absolute atomic E-state index is 0.130. The third-order valence-electron chi connectivity index (χ3n) is 3.63. The Morgan fingerprint density at radius 1 is 1.22 bits per heavy atom. The second kappa shape index (κ2) is 9.16. The minimum atomic E-state index is -0.153. The van der Waals surface area contributed by atoms with Gasteiger partial charge in [-0.05, 0) is 40.8 Å². The van der Waals surface area contributed by atoms with Crippen LogP contribution >= 0.6 is 23.4 Å². The quantitative estimate of drug-likeness (QED) is 0.567. The van der Waals surface area contributed by atoms with Crippen LogP contribution in [0.4, 0.5) is 5.69 Å². The van der Waals surface area contributed by atoms with Gasteiger partial charge in [0.2, 0.25) is 11.1 Å². The van der Waals surface area contributed by atoms with Crippen LogP contribution in [0.15, 0.2) is 59.8 Å². The molecule has 0 spiro atoms. The maximum atomic E-state index is 12.8.